The molecule has 0 atom stereocenters. The second-order valence-electron chi connectivity index (χ2n) is 4.62. The average Bonchev–Trinajstić information content (AvgIpc) is 2.62. The summed E-state index contributed by atoms with van der Waals surface area (Å²) >= 11 is 0. The van der Waals surface area contributed by atoms with Gasteiger partial charge in [-0.3, -0.25) is 0 Å². The van der Waals surface area contributed by atoms with Crippen LogP contribution >= 0.6 is 0 Å². The number of aromatic nitrogens is 1. The zero-order valence-corrected chi connectivity index (χ0v) is 10.1. The van der Waals surface area contributed by atoms with Crippen LogP contribution in [-0.4, -0.2) is 11.7 Å². The van der Waals surface area contributed by atoms with Crippen molar-refractivity contribution in [2.75, 3.05) is 11.9 Å². The molecule has 2 aromatic rings. The highest BCUT2D eigenvalue weighted by atomic mass is 19.1. The van der Waals surface area contributed by atoms with Crippen molar-refractivity contribution >= 4 is 5.88 Å². The van der Waals surface area contributed by atoms with Crippen molar-refractivity contribution in [1.82, 2.24) is 5.16 Å². The molecule has 1 aromatic carbocycles. The van der Waals surface area contributed by atoms with E-state index in [4.69, 9.17) is 4.52 Å². The van der Waals surface area contributed by atoms with Gasteiger partial charge < -0.3 is 9.84 Å². The summed E-state index contributed by atoms with van der Waals surface area (Å²) in [6.45, 7) is 0.943. The molecule has 3 rings (SSSR count). The summed E-state index contributed by atoms with van der Waals surface area (Å²) in [7, 11) is 0. The van der Waals surface area contributed by atoms with Gasteiger partial charge in [0.2, 0.25) is 5.88 Å². The molecule has 0 aliphatic carbocycles. The van der Waals surface area contributed by atoms with Crippen molar-refractivity contribution in [1.29, 1.82) is 0 Å². The van der Waals surface area contributed by atoms with Gasteiger partial charge >= 0.3 is 0 Å². The number of anilines is 1. The fraction of sp³-hybridized carbons (Fsp3) is 0.357. The zero-order chi connectivity index (χ0) is 12.4. The Hall–Kier alpha value is -1.84. The molecule has 0 unspecified atom stereocenters. The summed E-state index contributed by atoms with van der Waals surface area (Å²) in [6, 6.07) is 6.54. The lowest BCUT2D eigenvalue weighted by molar-refractivity contribution is 0.425. The van der Waals surface area contributed by atoms with Crippen LogP contribution in [0.2, 0.25) is 0 Å². The molecule has 4 heteroatoms. The maximum atomic E-state index is 12.8. The molecule has 1 N–H and O–H groups in total. The SMILES string of the molecule is Fc1ccc(Cc2noc3c2CCCCN3)cc1. The van der Waals surface area contributed by atoms with E-state index in [2.05, 4.69) is 10.5 Å². The van der Waals surface area contributed by atoms with Crippen LogP contribution in [0.4, 0.5) is 10.3 Å². The van der Waals surface area contributed by atoms with Crippen LogP contribution in [0.5, 0.6) is 0 Å². The highest BCUT2D eigenvalue weighted by Crippen LogP contribution is 2.26. The van der Waals surface area contributed by atoms with Crippen molar-refractivity contribution in [3.63, 3.8) is 0 Å². The summed E-state index contributed by atoms with van der Waals surface area (Å²) in [5.74, 6) is 0.601. The Morgan fingerprint density at radius 2 is 2.06 bits per heavy atom. The first-order valence-electron chi connectivity index (χ1n) is 6.28. The summed E-state index contributed by atoms with van der Waals surface area (Å²) in [5, 5.41) is 7.38. The predicted molar refractivity (Wildman–Crippen MR) is 67.1 cm³/mol. The van der Waals surface area contributed by atoms with Crippen LogP contribution in [0.15, 0.2) is 28.8 Å². The fourth-order valence-electron chi connectivity index (χ4n) is 2.30. The highest BCUT2D eigenvalue weighted by molar-refractivity contribution is 5.45. The fourth-order valence-corrected chi connectivity index (χ4v) is 2.30. The van der Waals surface area contributed by atoms with Gasteiger partial charge in [0.25, 0.3) is 0 Å². The summed E-state index contributed by atoms with van der Waals surface area (Å²) in [6.07, 6.45) is 4.00. The number of fused-ring (bicyclic) bond motifs is 1. The quantitative estimate of drug-likeness (QED) is 0.884. The minimum atomic E-state index is -0.209. The summed E-state index contributed by atoms with van der Waals surface area (Å²) in [5.41, 5.74) is 3.19. The Kier molecular flexibility index (Phi) is 3.00. The van der Waals surface area contributed by atoms with E-state index < -0.39 is 0 Å². The normalized spacial score (nSPS) is 14.7. The molecule has 2 heterocycles. The van der Waals surface area contributed by atoms with Crippen LogP contribution in [0.1, 0.15) is 29.7 Å². The molecule has 0 fully saturated rings. The van der Waals surface area contributed by atoms with Crippen LogP contribution in [0, 0.1) is 5.82 Å². The van der Waals surface area contributed by atoms with Crippen molar-refractivity contribution in [3.8, 4) is 0 Å². The number of hydrogen-bond donors (Lipinski definition) is 1. The van der Waals surface area contributed by atoms with Crippen molar-refractivity contribution in [2.24, 2.45) is 0 Å². The molecule has 1 aromatic heterocycles. The van der Waals surface area contributed by atoms with Gasteiger partial charge in [-0.2, -0.15) is 0 Å². The molecular weight excluding hydrogens is 231 g/mol. The Morgan fingerprint density at radius 1 is 1.22 bits per heavy atom. The predicted octanol–water partition coefficient (Wildman–Crippen LogP) is 3.15. The molecule has 1 aliphatic heterocycles. The summed E-state index contributed by atoms with van der Waals surface area (Å²) in [4.78, 5) is 0. The highest BCUT2D eigenvalue weighted by Gasteiger charge is 2.17. The third-order valence-electron chi connectivity index (χ3n) is 3.29. The largest absolute Gasteiger partial charge is 0.354 e. The Labute approximate surface area is 105 Å². The maximum Gasteiger partial charge on any atom is 0.228 e. The van der Waals surface area contributed by atoms with Gasteiger partial charge in [0.15, 0.2) is 0 Å². The molecule has 3 nitrogen and oxygen atoms in total. The number of halogens is 1. The van der Waals surface area contributed by atoms with Crippen LogP contribution in [0.3, 0.4) is 0 Å². The molecule has 18 heavy (non-hydrogen) atoms. The molecular formula is C14H15FN2O. The van der Waals surface area contributed by atoms with Gasteiger partial charge in [-0.1, -0.05) is 17.3 Å². The molecule has 0 saturated heterocycles. The third kappa shape index (κ3) is 2.23. The number of hydrogen-bond acceptors (Lipinski definition) is 3. The van der Waals surface area contributed by atoms with E-state index in [-0.39, 0.29) is 5.82 Å². The van der Waals surface area contributed by atoms with Gasteiger partial charge in [0.05, 0.1) is 5.69 Å². The monoisotopic (exact) mass is 246 g/mol. The van der Waals surface area contributed by atoms with Crippen molar-refractivity contribution < 1.29 is 8.91 Å². The van der Waals surface area contributed by atoms with Gasteiger partial charge in [-0.25, -0.2) is 4.39 Å². The third-order valence-corrected chi connectivity index (χ3v) is 3.29. The van der Waals surface area contributed by atoms with Gasteiger partial charge in [-0.15, -0.1) is 0 Å². The molecule has 0 spiro atoms. The van der Waals surface area contributed by atoms with Crippen LogP contribution in [0.25, 0.3) is 0 Å². The minimum absolute atomic E-state index is 0.209. The van der Waals surface area contributed by atoms with Gasteiger partial charge in [0, 0.05) is 18.5 Å². The summed E-state index contributed by atoms with van der Waals surface area (Å²) < 4.78 is 18.2. The lowest BCUT2D eigenvalue weighted by Gasteiger charge is -2.01. The molecule has 1 aliphatic rings. The number of nitrogens with one attached hydrogen (secondary N) is 1. The van der Waals surface area contributed by atoms with E-state index in [0.29, 0.717) is 6.42 Å². The van der Waals surface area contributed by atoms with E-state index in [1.54, 1.807) is 12.1 Å². The smallest absolute Gasteiger partial charge is 0.228 e. The second-order valence-corrected chi connectivity index (χ2v) is 4.62. The van der Waals surface area contributed by atoms with Gasteiger partial charge in [0.1, 0.15) is 5.82 Å². The van der Waals surface area contributed by atoms with E-state index in [1.165, 1.54) is 17.7 Å². The first-order valence-corrected chi connectivity index (χ1v) is 6.28. The second kappa shape index (κ2) is 4.80. The van der Waals surface area contributed by atoms with Crippen molar-refractivity contribution in [3.05, 3.63) is 46.9 Å². The topological polar surface area (TPSA) is 38.1 Å². The Morgan fingerprint density at radius 3 is 2.89 bits per heavy atom. The van der Waals surface area contributed by atoms with E-state index in [1.807, 2.05) is 0 Å². The standard InChI is InChI=1S/C14H15FN2O/c15-11-6-4-10(5-7-11)9-13-12-3-1-2-8-16-14(12)18-17-13/h4-7,16H,1-3,8-9H2. The zero-order valence-electron chi connectivity index (χ0n) is 10.1. The van der Waals surface area contributed by atoms with E-state index in [9.17, 15) is 4.39 Å². The van der Waals surface area contributed by atoms with Crippen LogP contribution in [-0.2, 0) is 12.8 Å². The van der Waals surface area contributed by atoms with E-state index in [0.717, 1.165) is 42.9 Å². The number of benzene rings is 1. The minimum Gasteiger partial charge on any atom is -0.354 e. The molecule has 0 radical (unpaired) electrons. The lowest BCUT2D eigenvalue weighted by atomic mass is 10.0. The Bertz CT molecular complexity index is 533. The van der Waals surface area contributed by atoms with E-state index >= 15 is 0 Å². The molecule has 0 bridgehead atoms. The van der Waals surface area contributed by atoms with Crippen LogP contribution < -0.4 is 5.32 Å². The Balaban J connectivity index is 1.84. The maximum absolute atomic E-state index is 12.8. The first-order chi connectivity index (χ1) is 8.83. The molecule has 0 saturated carbocycles. The number of nitrogens with zero attached hydrogens (tertiary/aromatic N) is 1. The number of rotatable bonds is 2. The molecule has 0 amide bonds. The average molecular weight is 246 g/mol. The molecule has 94 valence electrons. The first kappa shape index (κ1) is 11.3. The van der Waals surface area contributed by atoms with Gasteiger partial charge in [-0.05, 0) is 37.0 Å². The lowest BCUT2D eigenvalue weighted by Crippen LogP contribution is -1.97. The van der Waals surface area contributed by atoms with Crippen molar-refractivity contribution in [2.45, 2.75) is 25.7 Å².